The molecule has 1 atom stereocenters. The molecule has 0 aliphatic heterocycles. The quantitative estimate of drug-likeness (QED) is 0.798. The zero-order chi connectivity index (χ0) is 13.9. The number of hydrogen-bond donors (Lipinski definition) is 1. The lowest BCUT2D eigenvalue weighted by Gasteiger charge is -2.11. The number of rotatable bonds is 3. The highest BCUT2D eigenvalue weighted by molar-refractivity contribution is 6.31. The molecular weight excluding hydrogens is 270 g/mol. The van der Waals surface area contributed by atoms with Gasteiger partial charge in [-0.25, -0.2) is 4.68 Å². The smallest absolute Gasteiger partial charge is 0.0842 e. The maximum Gasteiger partial charge on any atom is 0.0842 e. The van der Waals surface area contributed by atoms with Crippen LogP contribution in [0.15, 0.2) is 66.9 Å². The van der Waals surface area contributed by atoms with Gasteiger partial charge in [0.2, 0.25) is 0 Å². The van der Waals surface area contributed by atoms with E-state index in [4.69, 9.17) is 17.3 Å². The third-order valence-corrected chi connectivity index (χ3v) is 3.53. The van der Waals surface area contributed by atoms with E-state index in [9.17, 15) is 0 Å². The Balaban J connectivity index is 1.93. The lowest BCUT2D eigenvalue weighted by Crippen LogP contribution is -2.13. The largest absolute Gasteiger partial charge is 0.319 e. The first-order valence-electron chi connectivity index (χ1n) is 6.37. The Labute approximate surface area is 122 Å². The summed E-state index contributed by atoms with van der Waals surface area (Å²) < 4.78 is 1.81. The molecule has 4 heteroatoms. The summed E-state index contributed by atoms with van der Waals surface area (Å²) in [4.78, 5) is 0. The third-order valence-electron chi connectivity index (χ3n) is 3.19. The second-order valence-electron chi connectivity index (χ2n) is 4.52. The molecule has 0 radical (unpaired) electrons. The van der Waals surface area contributed by atoms with Gasteiger partial charge < -0.3 is 5.73 Å². The van der Waals surface area contributed by atoms with Crippen molar-refractivity contribution in [2.45, 2.75) is 6.04 Å². The Kier molecular flexibility index (Phi) is 3.54. The van der Waals surface area contributed by atoms with Crippen LogP contribution >= 0.6 is 11.6 Å². The molecule has 3 rings (SSSR count). The van der Waals surface area contributed by atoms with E-state index in [-0.39, 0.29) is 6.04 Å². The van der Waals surface area contributed by atoms with Crippen LogP contribution in [-0.4, -0.2) is 9.78 Å². The molecule has 0 bridgehead atoms. The van der Waals surface area contributed by atoms with Gasteiger partial charge in [0.05, 0.1) is 17.4 Å². The summed E-state index contributed by atoms with van der Waals surface area (Å²) >= 11 is 6.18. The number of halogens is 1. The Morgan fingerprint density at radius 3 is 2.40 bits per heavy atom. The van der Waals surface area contributed by atoms with Gasteiger partial charge in [-0.05, 0) is 29.8 Å². The molecule has 2 N–H and O–H groups in total. The summed E-state index contributed by atoms with van der Waals surface area (Å²) in [6.07, 6.45) is 1.90. The molecule has 0 amide bonds. The van der Waals surface area contributed by atoms with Crippen molar-refractivity contribution >= 4 is 11.6 Å². The van der Waals surface area contributed by atoms with Crippen molar-refractivity contribution in [1.82, 2.24) is 9.78 Å². The summed E-state index contributed by atoms with van der Waals surface area (Å²) in [6.45, 7) is 0. The molecule has 2 aromatic carbocycles. The van der Waals surface area contributed by atoms with Gasteiger partial charge in [-0.2, -0.15) is 5.10 Å². The van der Waals surface area contributed by atoms with Crippen LogP contribution in [0.1, 0.15) is 17.3 Å². The van der Waals surface area contributed by atoms with E-state index in [1.807, 2.05) is 71.5 Å². The zero-order valence-corrected chi connectivity index (χ0v) is 11.5. The normalized spacial score (nSPS) is 12.3. The van der Waals surface area contributed by atoms with Gasteiger partial charge in [0.1, 0.15) is 0 Å². The van der Waals surface area contributed by atoms with Crippen LogP contribution in [0.4, 0.5) is 0 Å². The molecule has 3 nitrogen and oxygen atoms in total. The van der Waals surface area contributed by atoms with Gasteiger partial charge >= 0.3 is 0 Å². The van der Waals surface area contributed by atoms with Crippen LogP contribution in [0.2, 0.25) is 5.02 Å². The molecule has 0 aliphatic rings. The molecule has 0 saturated heterocycles. The van der Waals surface area contributed by atoms with E-state index in [2.05, 4.69) is 5.10 Å². The maximum atomic E-state index is 6.25. The molecule has 0 saturated carbocycles. The number of nitrogens with zero attached hydrogens (tertiary/aromatic N) is 2. The van der Waals surface area contributed by atoms with Crippen molar-refractivity contribution in [3.63, 3.8) is 0 Å². The minimum Gasteiger partial charge on any atom is -0.319 e. The first-order valence-corrected chi connectivity index (χ1v) is 6.74. The number of benzene rings is 2. The van der Waals surface area contributed by atoms with Crippen molar-refractivity contribution in [2.24, 2.45) is 5.73 Å². The van der Waals surface area contributed by atoms with E-state index in [1.54, 1.807) is 0 Å². The molecule has 3 aromatic rings. The average molecular weight is 284 g/mol. The monoisotopic (exact) mass is 283 g/mol. The zero-order valence-electron chi connectivity index (χ0n) is 10.8. The fourth-order valence-corrected chi connectivity index (χ4v) is 2.37. The lowest BCUT2D eigenvalue weighted by atomic mass is 10.1. The van der Waals surface area contributed by atoms with Crippen molar-refractivity contribution in [1.29, 1.82) is 0 Å². The summed E-state index contributed by atoms with van der Waals surface area (Å²) in [7, 11) is 0. The van der Waals surface area contributed by atoms with Gasteiger partial charge in [0.25, 0.3) is 0 Å². The number of hydrogen-bond acceptors (Lipinski definition) is 2. The third kappa shape index (κ3) is 2.46. The summed E-state index contributed by atoms with van der Waals surface area (Å²) in [5, 5.41) is 5.19. The van der Waals surface area contributed by atoms with E-state index >= 15 is 0 Å². The SMILES string of the molecule is NC(c1ccn(-c2ccccc2)n1)c1ccccc1Cl. The fraction of sp³-hybridized carbons (Fsp3) is 0.0625. The number of nitrogens with two attached hydrogens (primary N) is 1. The summed E-state index contributed by atoms with van der Waals surface area (Å²) in [6, 6.07) is 19.1. The maximum absolute atomic E-state index is 6.25. The predicted molar refractivity (Wildman–Crippen MR) is 81.0 cm³/mol. The first-order chi connectivity index (χ1) is 9.75. The van der Waals surface area contributed by atoms with Crippen molar-refractivity contribution in [2.75, 3.05) is 0 Å². The van der Waals surface area contributed by atoms with Crippen LogP contribution in [0.5, 0.6) is 0 Å². The van der Waals surface area contributed by atoms with Crippen LogP contribution in [0.3, 0.4) is 0 Å². The van der Waals surface area contributed by atoms with E-state index in [1.165, 1.54) is 0 Å². The molecule has 0 spiro atoms. The van der Waals surface area contributed by atoms with Crippen LogP contribution in [-0.2, 0) is 0 Å². The van der Waals surface area contributed by atoms with Crippen LogP contribution in [0.25, 0.3) is 5.69 Å². The van der Waals surface area contributed by atoms with Gasteiger partial charge in [-0.3, -0.25) is 0 Å². The minimum absolute atomic E-state index is 0.325. The molecule has 1 heterocycles. The van der Waals surface area contributed by atoms with E-state index in [0.717, 1.165) is 16.9 Å². The predicted octanol–water partition coefficient (Wildman–Crippen LogP) is 3.57. The minimum atomic E-state index is -0.325. The van der Waals surface area contributed by atoms with Gasteiger partial charge in [0, 0.05) is 11.2 Å². The molecule has 1 aromatic heterocycles. The molecule has 20 heavy (non-hydrogen) atoms. The second-order valence-corrected chi connectivity index (χ2v) is 4.93. The van der Waals surface area contributed by atoms with Crippen molar-refractivity contribution in [3.05, 3.63) is 83.1 Å². The topological polar surface area (TPSA) is 43.8 Å². The Bertz CT molecular complexity index is 707. The number of aromatic nitrogens is 2. The molecule has 0 aliphatic carbocycles. The molecule has 100 valence electrons. The summed E-state index contributed by atoms with van der Waals surface area (Å²) in [5.74, 6) is 0. The molecular formula is C16H14ClN3. The van der Waals surface area contributed by atoms with Gasteiger partial charge in [0.15, 0.2) is 0 Å². The first kappa shape index (κ1) is 12.9. The number of para-hydroxylation sites is 1. The Morgan fingerprint density at radius 2 is 1.65 bits per heavy atom. The molecule has 1 unspecified atom stereocenters. The van der Waals surface area contributed by atoms with Gasteiger partial charge in [-0.1, -0.05) is 48.0 Å². The van der Waals surface area contributed by atoms with Gasteiger partial charge in [-0.15, -0.1) is 0 Å². The highest BCUT2D eigenvalue weighted by Gasteiger charge is 2.14. The van der Waals surface area contributed by atoms with Crippen molar-refractivity contribution in [3.8, 4) is 5.69 Å². The average Bonchev–Trinajstić information content (AvgIpc) is 2.98. The highest BCUT2D eigenvalue weighted by Crippen LogP contribution is 2.25. The Hall–Kier alpha value is -2.10. The highest BCUT2D eigenvalue weighted by atomic mass is 35.5. The second kappa shape index (κ2) is 5.49. The van der Waals surface area contributed by atoms with Crippen molar-refractivity contribution < 1.29 is 0 Å². The fourth-order valence-electron chi connectivity index (χ4n) is 2.12. The Morgan fingerprint density at radius 1 is 0.950 bits per heavy atom. The molecule has 0 fully saturated rings. The van der Waals surface area contributed by atoms with Crippen LogP contribution < -0.4 is 5.73 Å². The lowest BCUT2D eigenvalue weighted by molar-refractivity contribution is 0.773. The van der Waals surface area contributed by atoms with E-state index < -0.39 is 0 Å². The standard InChI is InChI=1S/C16H14ClN3/c17-14-9-5-4-8-13(14)16(18)15-10-11-20(19-15)12-6-2-1-3-7-12/h1-11,16H,18H2. The van der Waals surface area contributed by atoms with E-state index in [0.29, 0.717) is 5.02 Å². The summed E-state index contributed by atoms with van der Waals surface area (Å²) in [5.41, 5.74) is 8.93. The van der Waals surface area contributed by atoms with Crippen LogP contribution in [0, 0.1) is 0 Å².